The molecule has 2 heterocycles. The highest BCUT2D eigenvalue weighted by Gasteiger charge is 2.39. The molecule has 1 aliphatic carbocycles. The van der Waals surface area contributed by atoms with Gasteiger partial charge in [0.2, 0.25) is 5.91 Å². The van der Waals surface area contributed by atoms with E-state index in [9.17, 15) is 24.0 Å². The molecule has 0 radical (unpaired) electrons. The second-order valence-corrected chi connectivity index (χ2v) is 9.92. The van der Waals surface area contributed by atoms with Crippen molar-refractivity contribution in [2.24, 2.45) is 0 Å². The third-order valence-electron chi connectivity index (χ3n) is 7.24. The topological polar surface area (TPSA) is 135 Å². The Morgan fingerprint density at radius 1 is 0.857 bits per heavy atom. The van der Waals surface area contributed by atoms with Crippen LogP contribution in [0.4, 0.5) is 5.69 Å². The molecule has 1 aromatic heterocycles. The number of nitrogens with one attached hydrogen (secondary N) is 2. The standard InChI is InChI=1S/C32H24N4O6/c37-28(21-9-12-26-23(15-21)14-20-4-1-2-6-25(20)26)18-42-32(41)19-7-10-24(11-8-19)36-29(38)16-27(31(36)40)34-35-30(39)22-5-3-13-33-17-22/h1-13,15,17,27,34H,14,16,18H2,(H,35,39). The summed E-state index contributed by atoms with van der Waals surface area (Å²) in [4.78, 5) is 67.9. The van der Waals surface area contributed by atoms with Crippen molar-refractivity contribution in [2.45, 2.75) is 18.9 Å². The summed E-state index contributed by atoms with van der Waals surface area (Å²) in [6.45, 7) is -0.423. The van der Waals surface area contributed by atoms with Crippen LogP contribution in [0.2, 0.25) is 0 Å². The molecular weight excluding hydrogens is 536 g/mol. The van der Waals surface area contributed by atoms with E-state index in [4.69, 9.17) is 4.74 Å². The van der Waals surface area contributed by atoms with Crippen molar-refractivity contribution in [3.8, 4) is 11.1 Å². The van der Waals surface area contributed by atoms with Gasteiger partial charge in [0.05, 0.1) is 23.2 Å². The number of hydrogen-bond donors (Lipinski definition) is 2. The van der Waals surface area contributed by atoms with Gasteiger partial charge in [-0.25, -0.2) is 15.1 Å². The van der Waals surface area contributed by atoms with Crippen LogP contribution in [0.3, 0.4) is 0 Å². The van der Waals surface area contributed by atoms with Crippen LogP contribution in [0, 0.1) is 0 Å². The third-order valence-corrected chi connectivity index (χ3v) is 7.24. The quantitative estimate of drug-likeness (QED) is 0.128. The van der Waals surface area contributed by atoms with E-state index < -0.39 is 36.3 Å². The first kappa shape index (κ1) is 26.7. The number of carbonyl (C=O) groups excluding carboxylic acids is 5. The van der Waals surface area contributed by atoms with Crippen LogP contribution < -0.4 is 15.8 Å². The number of esters is 1. The van der Waals surface area contributed by atoms with Gasteiger partial charge in [-0.1, -0.05) is 36.4 Å². The summed E-state index contributed by atoms with van der Waals surface area (Å²) in [5, 5.41) is 0. The van der Waals surface area contributed by atoms with Crippen molar-refractivity contribution < 1.29 is 28.7 Å². The highest BCUT2D eigenvalue weighted by Crippen LogP contribution is 2.36. The number of ether oxygens (including phenoxy) is 1. The molecule has 0 saturated carbocycles. The van der Waals surface area contributed by atoms with E-state index in [1.165, 1.54) is 42.2 Å². The van der Waals surface area contributed by atoms with Crippen LogP contribution in [-0.4, -0.2) is 47.1 Å². The molecule has 10 heteroatoms. The minimum atomic E-state index is -0.956. The maximum absolute atomic E-state index is 12.9. The number of nitrogens with zero attached hydrogens (tertiary/aromatic N) is 2. The maximum Gasteiger partial charge on any atom is 0.338 e. The number of amides is 3. The van der Waals surface area contributed by atoms with Gasteiger partial charge in [0.15, 0.2) is 12.4 Å². The molecular formula is C32H24N4O6. The number of imide groups is 1. The van der Waals surface area contributed by atoms with Crippen molar-refractivity contribution in [1.29, 1.82) is 0 Å². The van der Waals surface area contributed by atoms with Gasteiger partial charge in [0, 0.05) is 18.0 Å². The molecule has 1 saturated heterocycles. The first-order valence-corrected chi connectivity index (χ1v) is 13.2. The summed E-state index contributed by atoms with van der Waals surface area (Å²) < 4.78 is 5.25. The molecule has 2 N–H and O–H groups in total. The predicted molar refractivity (Wildman–Crippen MR) is 151 cm³/mol. The summed E-state index contributed by atoms with van der Waals surface area (Å²) in [5.41, 5.74) is 10.7. The number of rotatable bonds is 8. The predicted octanol–water partition coefficient (Wildman–Crippen LogP) is 3.26. The van der Waals surface area contributed by atoms with Crippen molar-refractivity contribution >= 4 is 35.2 Å². The summed E-state index contributed by atoms with van der Waals surface area (Å²) >= 11 is 0. The SMILES string of the molecule is O=C(COC(=O)c1ccc(N2C(=O)CC(NNC(=O)c3cccnc3)C2=O)cc1)c1ccc2c(c1)Cc1ccccc1-2. The molecule has 1 unspecified atom stereocenters. The van der Waals surface area contributed by atoms with Crippen LogP contribution in [0.15, 0.2) is 91.3 Å². The molecule has 0 bridgehead atoms. The van der Waals surface area contributed by atoms with E-state index in [1.807, 2.05) is 24.3 Å². The Kier molecular flexibility index (Phi) is 7.12. The van der Waals surface area contributed by atoms with Gasteiger partial charge >= 0.3 is 5.97 Å². The Morgan fingerprint density at radius 2 is 1.62 bits per heavy atom. The smallest absolute Gasteiger partial charge is 0.338 e. The highest BCUT2D eigenvalue weighted by atomic mass is 16.5. The Balaban J connectivity index is 1.04. The van der Waals surface area contributed by atoms with Crippen molar-refractivity contribution in [3.05, 3.63) is 119 Å². The van der Waals surface area contributed by atoms with Gasteiger partial charge in [0.1, 0.15) is 6.04 Å². The number of carbonyl (C=O) groups is 5. The number of benzene rings is 3. The summed E-state index contributed by atoms with van der Waals surface area (Å²) in [6.07, 6.45) is 3.49. The summed E-state index contributed by atoms with van der Waals surface area (Å²) in [7, 11) is 0. The Bertz CT molecular complexity index is 1740. The van der Waals surface area contributed by atoms with Crippen LogP contribution in [-0.2, 0) is 20.7 Å². The molecule has 1 atom stereocenters. The first-order chi connectivity index (χ1) is 20.4. The monoisotopic (exact) mass is 560 g/mol. The lowest BCUT2D eigenvalue weighted by Gasteiger charge is -2.16. The molecule has 42 heavy (non-hydrogen) atoms. The minimum Gasteiger partial charge on any atom is -0.454 e. The molecule has 4 aromatic rings. The van der Waals surface area contributed by atoms with Crippen LogP contribution in [0.25, 0.3) is 11.1 Å². The second-order valence-electron chi connectivity index (χ2n) is 9.92. The third kappa shape index (κ3) is 5.18. The molecule has 1 fully saturated rings. The number of hydrogen-bond acceptors (Lipinski definition) is 8. The highest BCUT2D eigenvalue weighted by molar-refractivity contribution is 6.22. The number of anilines is 1. The molecule has 208 valence electrons. The fraction of sp³-hybridized carbons (Fsp3) is 0.125. The molecule has 3 amide bonds. The number of hydrazine groups is 1. The molecule has 1 aliphatic heterocycles. The Hall–Kier alpha value is -5.48. The van der Waals surface area contributed by atoms with E-state index in [2.05, 4.69) is 28.0 Å². The maximum atomic E-state index is 12.9. The summed E-state index contributed by atoms with van der Waals surface area (Å²) in [6, 6.07) is 21.5. The number of Topliss-reactive ketones (excluding diaryl/α,β-unsaturated/α-hetero) is 1. The molecule has 3 aromatic carbocycles. The fourth-order valence-corrected chi connectivity index (χ4v) is 5.10. The lowest BCUT2D eigenvalue weighted by atomic mass is 10.0. The second kappa shape index (κ2) is 11.2. The van der Waals surface area contributed by atoms with E-state index in [0.717, 1.165) is 28.0 Å². The number of aromatic nitrogens is 1. The average Bonchev–Trinajstić information content (AvgIpc) is 3.54. The van der Waals surface area contributed by atoms with Gasteiger partial charge in [0.25, 0.3) is 11.8 Å². The van der Waals surface area contributed by atoms with E-state index in [0.29, 0.717) is 11.1 Å². The van der Waals surface area contributed by atoms with Crippen molar-refractivity contribution in [2.75, 3.05) is 11.5 Å². The van der Waals surface area contributed by atoms with Gasteiger partial charge in [-0.15, -0.1) is 0 Å². The van der Waals surface area contributed by atoms with E-state index >= 15 is 0 Å². The normalized spacial score (nSPS) is 15.2. The van der Waals surface area contributed by atoms with Crippen LogP contribution >= 0.6 is 0 Å². The fourth-order valence-electron chi connectivity index (χ4n) is 5.10. The average molecular weight is 561 g/mol. The number of ketones is 1. The molecule has 6 rings (SSSR count). The van der Waals surface area contributed by atoms with Crippen LogP contribution in [0.1, 0.15) is 48.6 Å². The molecule has 2 aliphatic rings. The van der Waals surface area contributed by atoms with E-state index in [-0.39, 0.29) is 23.5 Å². The number of pyridine rings is 1. The first-order valence-electron chi connectivity index (χ1n) is 13.2. The molecule has 0 spiro atoms. The Labute approximate surface area is 240 Å². The van der Waals surface area contributed by atoms with Crippen molar-refractivity contribution in [3.63, 3.8) is 0 Å². The van der Waals surface area contributed by atoms with Gasteiger partial charge < -0.3 is 4.74 Å². The zero-order chi connectivity index (χ0) is 29.2. The van der Waals surface area contributed by atoms with Gasteiger partial charge in [-0.2, -0.15) is 0 Å². The Morgan fingerprint density at radius 3 is 2.40 bits per heavy atom. The van der Waals surface area contributed by atoms with E-state index in [1.54, 1.807) is 18.2 Å². The van der Waals surface area contributed by atoms with Crippen LogP contribution in [0.5, 0.6) is 0 Å². The van der Waals surface area contributed by atoms with Gasteiger partial charge in [-0.3, -0.25) is 29.6 Å². The molecule has 10 nitrogen and oxygen atoms in total. The zero-order valence-electron chi connectivity index (χ0n) is 22.2. The lowest BCUT2D eigenvalue weighted by Crippen LogP contribution is -2.48. The largest absolute Gasteiger partial charge is 0.454 e. The zero-order valence-corrected chi connectivity index (χ0v) is 22.2. The number of fused-ring (bicyclic) bond motifs is 3. The van der Waals surface area contributed by atoms with Crippen molar-refractivity contribution in [1.82, 2.24) is 15.8 Å². The minimum absolute atomic E-state index is 0.160. The lowest BCUT2D eigenvalue weighted by molar-refractivity contribution is -0.121. The summed E-state index contributed by atoms with van der Waals surface area (Å²) in [5.74, 6) is -2.54. The van der Waals surface area contributed by atoms with Gasteiger partial charge in [-0.05, 0) is 71.1 Å².